The van der Waals surface area contributed by atoms with Crippen molar-refractivity contribution < 1.29 is 14.7 Å². The highest BCUT2D eigenvalue weighted by atomic mass is 16.3. The molecule has 1 fully saturated rings. The van der Waals surface area contributed by atoms with Gasteiger partial charge in [0.25, 0.3) is 11.7 Å². The Hall–Kier alpha value is -3.66. The van der Waals surface area contributed by atoms with Gasteiger partial charge in [-0.1, -0.05) is 81.4 Å². The highest BCUT2D eigenvalue weighted by Crippen LogP contribution is 2.42. The zero-order valence-electron chi connectivity index (χ0n) is 18.8. The van der Waals surface area contributed by atoms with Crippen LogP contribution in [0.25, 0.3) is 5.76 Å². The van der Waals surface area contributed by atoms with Crippen molar-refractivity contribution in [2.45, 2.75) is 39.2 Å². The molecule has 1 heterocycles. The number of aliphatic hydroxyl groups excluding tert-OH is 1. The number of hydrogen-bond donors (Lipinski definition) is 1. The number of benzene rings is 3. The number of nitrogens with zero attached hydrogens (tertiary/aromatic N) is 1. The predicted molar refractivity (Wildman–Crippen MR) is 128 cm³/mol. The van der Waals surface area contributed by atoms with E-state index in [2.05, 4.69) is 20.8 Å². The van der Waals surface area contributed by atoms with Crippen molar-refractivity contribution in [2.75, 3.05) is 4.90 Å². The Morgan fingerprint density at radius 1 is 0.875 bits per heavy atom. The topological polar surface area (TPSA) is 57.6 Å². The van der Waals surface area contributed by atoms with Gasteiger partial charge in [0.1, 0.15) is 5.76 Å². The number of Topliss-reactive ketones (excluding diaryl/α,β-unsaturated/α-hetero) is 1. The quantitative estimate of drug-likeness (QED) is 0.322. The van der Waals surface area contributed by atoms with Crippen molar-refractivity contribution in [1.29, 1.82) is 0 Å². The van der Waals surface area contributed by atoms with E-state index in [1.807, 2.05) is 73.7 Å². The van der Waals surface area contributed by atoms with Crippen LogP contribution in [0.2, 0.25) is 0 Å². The maximum Gasteiger partial charge on any atom is 0.300 e. The maximum absolute atomic E-state index is 13.3. The molecule has 162 valence electrons. The van der Waals surface area contributed by atoms with Crippen LogP contribution in [0.1, 0.15) is 49.1 Å². The molecule has 4 heteroatoms. The lowest BCUT2D eigenvalue weighted by atomic mass is 9.84. The number of amides is 1. The van der Waals surface area contributed by atoms with E-state index in [4.69, 9.17) is 0 Å². The highest BCUT2D eigenvalue weighted by molar-refractivity contribution is 6.51. The van der Waals surface area contributed by atoms with Crippen LogP contribution in [0, 0.1) is 6.92 Å². The molecular weight excluding hydrogens is 398 g/mol. The molecule has 1 atom stereocenters. The summed E-state index contributed by atoms with van der Waals surface area (Å²) < 4.78 is 0. The minimum Gasteiger partial charge on any atom is -0.507 e. The van der Waals surface area contributed by atoms with Gasteiger partial charge >= 0.3 is 0 Å². The third-order valence-corrected chi connectivity index (χ3v) is 5.95. The molecule has 0 radical (unpaired) electrons. The Bertz CT molecular complexity index is 1200. The molecule has 1 N–H and O–H groups in total. The fraction of sp³-hybridized carbons (Fsp3) is 0.214. The van der Waals surface area contributed by atoms with Gasteiger partial charge in [-0.15, -0.1) is 0 Å². The summed E-state index contributed by atoms with van der Waals surface area (Å²) in [7, 11) is 0. The molecule has 4 nitrogen and oxygen atoms in total. The summed E-state index contributed by atoms with van der Waals surface area (Å²) in [6, 6.07) is 23.7. The average Bonchev–Trinajstić information content (AvgIpc) is 3.04. The second kappa shape index (κ2) is 8.12. The second-order valence-electron chi connectivity index (χ2n) is 9.20. The number of aliphatic hydroxyl groups is 1. The predicted octanol–water partition coefficient (Wildman–Crippen LogP) is 5.92. The summed E-state index contributed by atoms with van der Waals surface area (Å²) >= 11 is 0. The van der Waals surface area contributed by atoms with Gasteiger partial charge in [0.15, 0.2) is 0 Å². The van der Waals surface area contributed by atoms with Crippen molar-refractivity contribution in [2.24, 2.45) is 0 Å². The van der Waals surface area contributed by atoms with Crippen LogP contribution in [-0.4, -0.2) is 16.8 Å². The smallest absolute Gasteiger partial charge is 0.300 e. The van der Waals surface area contributed by atoms with Gasteiger partial charge in [0, 0.05) is 11.3 Å². The van der Waals surface area contributed by atoms with Gasteiger partial charge in [0.05, 0.1) is 11.6 Å². The van der Waals surface area contributed by atoms with Gasteiger partial charge in [-0.2, -0.15) is 0 Å². The number of rotatable bonds is 3. The first-order valence-electron chi connectivity index (χ1n) is 10.7. The van der Waals surface area contributed by atoms with Crippen molar-refractivity contribution in [3.63, 3.8) is 0 Å². The molecule has 0 spiro atoms. The van der Waals surface area contributed by atoms with E-state index in [0.29, 0.717) is 11.3 Å². The summed E-state index contributed by atoms with van der Waals surface area (Å²) in [5.74, 6) is -1.46. The zero-order chi connectivity index (χ0) is 23.0. The van der Waals surface area contributed by atoms with Crippen LogP contribution in [0.3, 0.4) is 0 Å². The Balaban J connectivity index is 1.97. The molecule has 0 aliphatic carbocycles. The Kier molecular flexibility index (Phi) is 5.47. The first-order valence-corrected chi connectivity index (χ1v) is 10.7. The van der Waals surface area contributed by atoms with Crippen molar-refractivity contribution in [3.8, 4) is 0 Å². The highest BCUT2D eigenvalue weighted by Gasteiger charge is 2.47. The number of carbonyl (C=O) groups is 2. The van der Waals surface area contributed by atoms with Crippen LogP contribution in [-0.2, 0) is 15.0 Å². The van der Waals surface area contributed by atoms with Crippen molar-refractivity contribution in [3.05, 3.63) is 107 Å². The van der Waals surface area contributed by atoms with E-state index < -0.39 is 17.7 Å². The monoisotopic (exact) mass is 425 g/mol. The van der Waals surface area contributed by atoms with E-state index in [-0.39, 0.29) is 16.7 Å². The van der Waals surface area contributed by atoms with E-state index >= 15 is 0 Å². The minimum atomic E-state index is -0.712. The number of anilines is 1. The molecule has 0 saturated carbocycles. The number of para-hydroxylation sites is 1. The molecule has 1 saturated heterocycles. The van der Waals surface area contributed by atoms with Gasteiger partial charge in [-0.25, -0.2) is 0 Å². The normalized spacial score (nSPS) is 18.2. The number of carbonyl (C=O) groups excluding carboxylic acids is 2. The second-order valence-corrected chi connectivity index (χ2v) is 9.20. The molecule has 0 bridgehead atoms. The lowest BCUT2D eigenvalue weighted by Gasteiger charge is -2.26. The molecule has 1 aliphatic rings. The Morgan fingerprint density at radius 3 is 2.06 bits per heavy atom. The summed E-state index contributed by atoms with van der Waals surface area (Å²) in [5, 5.41) is 11.5. The fourth-order valence-electron chi connectivity index (χ4n) is 4.13. The van der Waals surface area contributed by atoms with E-state index in [9.17, 15) is 14.7 Å². The number of aryl methyl sites for hydroxylation is 1. The van der Waals surface area contributed by atoms with E-state index in [1.54, 1.807) is 12.1 Å². The summed E-state index contributed by atoms with van der Waals surface area (Å²) in [5.41, 5.74) is 3.82. The molecule has 4 rings (SSSR count). The summed E-state index contributed by atoms with van der Waals surface area (Å²) in [4.78, 5) is 27.9. The van der Waals surface area contributed by atoms with Crippen LogP contribution in [0.4, 0.5) is 5.69 Å². The third-order valence-electron chi connectivity index (χ3n) is 5.95. The van der Waals surface area contributed by atoms with E-state index in [1.165, 1.54) is 4.90 Å². The van der Waals surface area contributed by atoms with Crippen molar-refractivity contribution >= 4 is 23.1 Å². The molecule has 0 aromatic heterocycles. The molecule has 32 heavy (non-hydrogen) atoms. The molecular formula is C28H27NO3. The number of hydrogen-bond acceptors (Lipinski definition) is 3. The first-order chi connectivity index (χ1) is 15.2. The summed E-state index contributed by atoms with van der Waals surface area (Å²) in [6.45, 7) is 8.19. The lowest BCUT2D eigenvalue weighted by Crippen LogP contribution is -2.29. The van der Waals surface area contributed by atoms with Crippen molar-refractivity contribution in [1.82, 2.24) is 0 Å². The van der Waals surface area contributed by atoms with Crippen LogP contribution >= 0.6 is 0 Å². The zero-order valence-corrected chi connectivity index (χ0v) is 18.8. The standard InChI is InChI=1S/C28H27NO3/c1-18-15-16-20(28(2,3)4)17-22(18)25(30)23-24(19-11-7-5-8-12-19)29(27(32)26(23)31)21-13-9-6-10-14-21/h5-17,24,30H,1-4H3/b25-23+. The van der Waals surface area contributed by atoms with Crippen LogP contribution in [0.5, 0.6) is 0 Å². The Morgan fingerprint density at radius 2 is 1.47 bits per heavy atom. The third kappa shape index (κ3) is 3.73. The Labute approximate surface area is 188 Å². The van der Waals surface area contributed by atoms with E-state index in [0.717, 1.165) is 16.7 Å². The van der Waals surface area contributed by atoms with Gasteiger partial charge < -0.3 is 5.11 Å². The molecule has 3 aromatic rings. The van der Waals surface area contributed by atoms with Crippen LogP contribution in [0.15, 0.2) is 84.4 Å². The lowest BCUT2D eigenvalue weighted by molar-refractivity contribution is -0.132. The summed E-state index contributed by atoms with van der Waals surface area (Å²) in [6.07, 6.45) is 0. The molecule has 1 aliphatic heterocycles. The molecule has 1 unspecified atom stereocenters. The van der Waals surface area contributed by atoms with Gasteiger partial charge in [-0.3, -0.25) is 14.5 Å². The number of ketones is 1. The van der Waals surface area contributed by atoms with Gasteiger partial charge in [-0.05, 0) is 47.2 Å². The first kappa shape index (κ1) is 21.6. The maximum atomic E-state index is 13.3. The fourth-order valence-corrected chi connectivity index (χ4v) is 4.13. The molecule has 3 aromatic carbocycles. The largest absolute Gasteiger partial charge is 0.507 e. The van der Waals surface area contributed by atoms with Gasteiger partial charge in [0.2, 0.25) is 0 Å². The van der Waals surface area contributed by atoms with Crippen LogP contribution < -0.4 is 4.90 Å². The minimum absolute atomic E-state index is 0.110. The molecule has 1 amide bonds. The SMILES string of the molecule is Cc1ccc(C(C)(C)C)cc1/C(O)=C1\C(=O)C(=O)N(c2ccccc2)C1c1ccccc1. The average molecular weight is 426 g/mol.